The molecule has 6 nitrogen and oxygen atoms in total. The van der Waals surface area contributed by atoms with Crippen LogP contribution in [0.4, 0.5) is 0 Å². The predicted molar refractivity (Wildman–Crippen MR) is 85.0 cm³/mol. The van der Waals surface area contributed by atoms with E-state index in [2.05, 4.69) is 15.8 Å². The van der Waals surface area contributed by atoms with E-state index in [1.807, 2.05) is 0 Å². The van der Waals surface area contributed by atoms with Crippen molar-refractivity contribution in [1.82, 2.24) is 10.7 Å². The molecule has 0 spiro atoms. The highest BCUT2D eigenvalue weighted by Gasteiger charge is 2.14. The molecule has 114 valence electrons. The highest BCUT2D eigenvalue weighted by Crippen LogP contribution is 2.25. The highest BCUT2D eigenvalue weighted by molar-refractivity contribution is 7.80. The van der Waals surface area contributed by atoms with Crippen molar-refractivity contribution >= 4 is 23.5 Å². The summed E-state index contributed by atoms with van der Waals surface area (Å²) in [4.78, 5) is 0. The molecule has 0 amide bonds. The Labute approximate surface area is 129 Å². The van der Waals surface area contributed by atoms with Crippen LogP contribution in [0.5, 0.6) is 11.5 Å². The number of nitrogens with zero attached hydrogens (tertiary/aromatic N) is 1. The van der Waals surface area contributed by atoms with Gasteiger partial charge in [0.05, 0.1) is 19.4 Å². The molecule has 0 saturated carbocycles. The number of rotatable bonds is 5. The lowest BCUT2D eigenvalue weighted by atomic mass is 10.2. The first-order chi connectivity index (χ1) is 10.2. The molecule has 1 aromatic carbocycles. The van der Waals surface area contributed by atoms with Gasteiger partial charge in [-0.2, -0.15) is 5.10 Å². The van der Waals surface area contributed by atoms with E-state index in [1.54, 1.807) is 24.4 Å². The zero-order chi connectivity index (χ0) is 15.1. The van der Waals surface area contributed by atoms with Crippen LogP contribution in [-0.2, 0) is 4.74 Å². The van der Waals surface area contributed by atoms with Gasteiger partial charge in [-0.15, -0.1) is 0 Å². The summed E-state index contributed by atoms with van der Waals surface area (Å²) in [6.07, 6.45) is 3.96. The van der Waals surface area contributed by atoms with Gasteiger partial charge < -0.3 is 19.9 Å². The van der Waals surface area contributed by atoms with E-state index < -0.39 is 0 Å². The summed E-state index contributed by atoms with van der Waals surface area (Å²) in [6, 6.07) is 5.02. The smallest absolute Gasteiger partial charge is 0.187 e. The summed E-state index contributed by atoms with van der Waals surface area (Å²) >= 11 is 5.11. The summed E-state index contributed by atoms with van der Waals surface area (Å²) in [5.41, 5.74) is 3.46. The van der Waals surface area contributed by atoms with Crippen molar-refractivity contribution in [3.05, 3.63) is 23.8 Å². The molecular weight excluding hydrogens is 290 g/mol. The maximum atomic E-state index is 9.65. The summed E-state index contributed by atoms with van der Waals surface area (Å²) in [7, 11) is 1.50. The molecule has 0 unspecified atom stereocenters. The molecule has 1 saturated heterocycles. The number of thiocarbonyl (C=S) groups is 1. The second kappa shape index (κ2) is 7.80. The van der Waals surface area contributed by atoms with E-state index in [9.17, 15) is 5.11 Å². The van der Waals surface area contributed by atoms with Crippen molar-refractivity contribution in [2.24, 2.45) is 5.10 Å². The molecule has 1 aromatic rings. The van der Waals surface area contributed by atoms with Gasteiger partial charge in [0.25, 0.3) is 0 Å². The van der Waals surface area contributed by atoms with E-state index in [-0.39, 0.29) is 11.9 Å². The van der Waals surface area contributed by atoms with Crippen molar-refractivity contribution in [2.75, 3.05) is 20.3 Å². The molecular formula is C14H19N3O3S. The van der Waals surface area contributed by atoms with Crippen LogP contribution in [-0.4, -0.2) is 42.8 Å². The van der Waals surface area contributed by atoms with Crippen LogP contribution in [0.3, 0.4) is 0 Å². The normalized spacial score (nSPS) is 17.9. The van der Waals surface area contributed by atoms with Crippen molar-refractivity contribution in [1.29, 1.82) is 0 Å². The molecule has 7 heteroatoms. The number of aromatic hydroxyl groups is 1. The molecule has 0 aliphatic carbocycles. The van der Waals surface area contributed by atoms with Crippen LogP contribution in [0.15, 0.2) is 23.3 Å². The van der Waals surface area contributed by atoms with E-state index in [1.165, 1.54) is 7.11 Å². The third-order valence-electron chi connectivity index (χ3n) is 3.10. The Kier molecular flexibility index (Phi) is 5.77. The maximum absolute atomic E-state index is 9.65. The van der Waals surface area contributed by atoms with Crippen molar-refractivity contribution in [2.45, 2.75) is 18.9 Å². The Balaban J connectivity index is 1.76. The van der Waals surface area contributed by atoms with E-state index in [0.29, 0.717) is 17.4 Å². The van der Waals surface area contributed by atoms with Gasteiger partial charge >= 0.3 is 0 Å². The average Bonchev–Trinajstić information content (AvgIpc) is 2.99. The molecule has 0 radical (unpaired) electrons. The summed E-state index contributed by atoms with van der Waals surface area (Å²) < 4.78 is 10.5. The van der Waals surface area contributed by atoms with E-state index in [4.69, 9.17) is 21.7 Å². The number of phenols is 1. The lowest BCUT2D eigenvalue weighted by Crippen LogP contribution is -2.37. The van der Waals surface area contributed by atoms with Crippen LogP contribution in [0.1, 0.15) is 18.4 Å². The van der Waals surface area contributed by atoms with Crippen molar-refractivity contribution in [3.8, 4) is 11.5 Å². The second-order valence-corrected chi connectivity index (χ2v) is 5.05. The van der Waals surface area contributed by atoms with E-state index in [0.717, 1.165) is 25.0 Å². The largest absolute Gasteiger partial charge is 0.504 e. The first-order valence-corrected chi connectivity index (χ1v) is 7.15. The third kappa shape index (κ3) is 4.87. The van der Waals surface area contributed by atoms with Gasteiger partial charge in [-0.05, 0) is 48.8 Å². The second-order valence-electron chi connectivity index (χ2n) is 4.65. The van der Waals surface area contributed by atoms with Gasteiger partial charge in [-0.1, -0.05) is 0 Å². The van der Waals surface area contributed by atoms with Crippen molar-refractivity contribution < 1.29 is 14.6 Å². The fourth-order valence-corrected chi connectivity index (χ4v) is 2.14. The van der Waals surface area contributed by atoms with E-state index >= 15 is 0 Å². The van der Waals surface area contributed by atoms with Gasteiger partial charge in [0.15, 0.2) is 16.6 Å². The average molecular weight is 309 g/mol. The van der Waals surface area contributed by atoms with Crippen LogP contribution in [0.2, 0.25) is 0 Å². The number of ether oxygens (including phenoxy) is 2. The number of phenolic OH excluding ortho intramolecular Hbond substituents is 1. The Morgan fingerprint density at radius 2 is 2.48 bits per heavy atom. The Morgan fingerprint density at radius 1 is 1.62 bits per heavy atom. The Hall–Kier alpha value is -1.86. The SMILES string of the molecule is COc1ccc(/C=N\NC(=S)NC[C@H]2CCCO2)cc1O. The maximum Gasteiger partial charge on any atom is 0.187 e. The van der Waals surface area contributed by atoms with Gasteiger partial charge in [0, 0.05) is 13.2 Å². The molecule has 1 aliphatic heterocycles. The van der Waals surface area contributed by atoms with Gasteiger partial charge in [0.1, 0.15) is 0 Å². The summed E-state index contributed by atoms with van der Waals surface area (Å²) in [6.45, 7) is 1.51. The van der Waals surface area contributed by atoms with Crippen molar-refractivity contribution in [3.63, 3.8) is 0 Å². The first kappa shape index (κ1) is 15.5. The van der Waals surface area contributed by atoms with Crippen LogP contribution in [0, 0.1) is 0 Å². The number of nitrogens with one attached hydrogen (secondary N) is 2. The lowest BCUT2D eigenvalue weighted by molar-refractivity contribution is 0.114. The Bertz CT molecular complexity index is 516. The van der Waals surface area contributed by atoms with Crippen LogP contribution >= 0.6 is 12.2 Å². The molecule has 21 heavy (non-hydrogen) atoms. The zero-order valence-corrected chi connectivity index (χ0v) is 12.7. The summed E-state index contributed by atoms with van der Waals surface area (Å²) in [5, 5.41) is 17.2. The number of hydrogen-bond donors (Lipinski definition) is 3. The topological polar surface area (TPSA) is 75.1 Å². The monoisotopic (exact) mass is 309 g/mol. The fourth-order valence-electron chi connectivity index (χ4n) is 2.00. The van der Waals surface area contributed by atoms with Gasteiger partial charge in [-0.25, -0.2) is 0 Å². The quantitative estimate of drug-likeness (QED) is 0.433. The van der Waals surface area contributed by atoms with Gasteiger partial charge in [-0.3, -0.25) is 5.43 Å². The van der Waals surface area contributed by atoms with Crippen LogP contribution < -0.4 is 15.5 Å². The molecule has 0 aromatic heterocycles. The molecule has 3 N–H and O–H groups in total. The van der Waals surface area contributed by atoms with Crippen LogP contribution in [0.25, 0.3) is 0 Å². The number of hydrogen-bond acceptors (Lipinski definition) is 5. The standard InChI is InChI=1S/C14H19N3O3S/c1-19-13-5-4-10(7-12(13)18)8-16-17-14(21)15-9-11-3-2-6-20-11/h4-5,7-8,11,18H,2-3,6,9H2,1H3,(H2,15,17,21)/b16-8-/t11-/m1/s1. The molecule has 0 bridgehead atoms. The minimum absolute atomic E-state index is 0.0699. The summed E-state index contributed by atoms with van der Waals surface area (Å²) in [5.74, 6) is 0.495. The third-order valence-corrected chi connectivity index (χ3v) is 3.33. The minimum atomic E-state index is 0.0699. The zero-order valence-electron chi connectivity index (χ0n) is 11.8. The Morgan fingerprint density at radius 3 is 3.14 bits per heavy atom. The number of benzene rings is 1. The number of hydrazone groups is 1. The minimum Gasteiger partial charge on any atom is -0.504 e. The first-order valence-electron chi connectivity index (χ1n) is 6.74. The highest BCUT2D eigenvalue weighted by atomic mass is 32.1. The fraction of sp³-hybridized carbons (Fsp3) is 0.429. The molecule has 2 rings (SSSR count). The predicted octanol–water partition coefficient (Wildman–Crippen LogP) is 1.38. The molecule has 1 fully saturated rings. The van der Waals surface area contributed by atoms with Gasteiger partial charge in [0.2, 0.25) is 0 Å². The number of methoxy groups -OCH3 is 1. The lowest BCUT2D eigenvalue weighted by Gasteiger charge is -2.11. The molecule has 1 aliphatic rings. The molecule has 1 atom stereocenters. The molecule has 1 heterocycles.